The Balaban J connectivity index is 3.36. The SMILES string of the molecule is CC(C)(C)c1cc(C(=O)NC(CCCN=C(N)N)C(=O)NC(CCCN=C(N)N)C(=O)NCC(=O)NCC(O)O)cc(C(C)(C)C)c1O. The van der Waals surface area contributed by atoms with Gasteiger partial charge < -0.3 is 59.5 Å². The van der Waals surface area contributed by atoms with Crippen LogP contribution < -0.4 is 44.2 Å². The van der Waals surface area contributed by atoms with E-state index in [1.165, 1.54) is 0 Å². The number of hydrogen-bond acceptors (Lipinski definition) is 9. The molecule has 0 radical (unpaired) electrons. The highest BCUT2D eigenvalue weighted by Crippen LogP contribution is 2.39. The molecule has 0 heterocycles. The number of hydrogen-bond donors (Lipinski definition) is 11. The van der Waals surface area contributed by atoms with Gasteiger partial charge in [-0.25, -0.2) is 0 Å². The van der Waals surface area contributed by atoms with E-state index in [0.29, 0.717) is 17.5 Å². The van der Waals surface area contributed by atoms with E-state index in [1.54, 1.807) is 12.1 Å². The second-order valence-corrected chi connectivity index (χ2v) is 13.4. The summed E-state index contributed by atoms with van der Waals surface area (Å²) in [7, 11) is 0. The highest BCUT2D eigenvalue weighted by molar-refractivity contribution is 5.99. The number of aliphatic imine (C=N–C) groups is 2. The van der Waals surface area contributed by atoms with Crippen molar-refractivity contribution >= 4 is 35.5 Å². The molecule has 0 fully saturated rings. The lowest BCUT2D eigenvalue weighted by molar-refractivity contribution is -0.131. The molecule has 0 bridgehead atoms. The Hall–Kier alpha value is -4.64. The van der Waals surface area contributed by atoms with Crippen molar-refractivity contribution in [3.05, 3.63) is 28.8 Å². The first-order valence-corrected chi connectivity index (χ1v) is 15.6. The number of aliphatic hydroxyl groups excluding tert-OH is 1. The molecule has 0 saturated carbocycles. The zero-order valence-electron chi connectivity index (χ0n) is 28.7. The lowest BCUT2D eigenvalue weighted by Crippen LogP contribution is -2.54. The largest absolute Gasteiger partial charge is 0.507 e. The summed E-state index contributed by atoms with van der Waals surface area (Å²) in [6, 6.07) is 0.886. The first-order valence-electron chi connectivity index (χ1n) is 15.6. The van der Waals surface area contributed by atoms with Gasteiger partial charge in [-0.3, -0.25) is 29.2 Å². The molecule has 2 unspecified atom stereocenters. The molecule has 17 heteroatoms. The number of phenols is 1. The Labute approximate surface area is 281 Å². The van der Waals surface area contributed by atoms with Crippen molar-refractivity contribution < 1.29 is 34.5 Å². The molecule has 0 aliphatic rings. The fourth-order valence-corrected chi connectivity index (χ4v) is 4.53. The minimum Gasteiger partial charge on any atom is -0.507 e. The average Bonchev–Trinajstić information content (AvgIpc) is 2.96. The van der Waals surface area contributed by atoms with Gasteiger partial charge in [-0.05, 0) is 48.6 Å². The summed E-state index contributed by atoms with van der Waals surface area (Å²) >= 11 is 0. The zero-order chi connectivity index (χ0) is 36.8. The van der Waals surface area contributed by atoms with Gasteiger partial charge >= 0.3 is 0 Å². The number of benzene rings is 1. The van der Waals surface area contributed by atoms with Crippen LogP contribution in [0.2, 0.25) is 0 Å². The van der Waals surface area contributed by atoms with Crippen molar-refractivity contribution in [3.63, 3.8) is 0 Å². The Kier molecular flexibility index (Phi) is 16.1. The molecule has 1 aromatic rings. The van der Waals surface area contributed by atoms with Crippen LogP contribution in [-0.2, 0) is 25.2 Å². The number of guanidine groups is 2. The van der Waals surface area contributed by atoms with Crippen LogP contribution >= 0.6 is 0 Å². The van der Waals surface area contributed by atoms with E-state index < -0.39 is 65.9 Å². The number of carbonyl (C=O) groups is 4. The van der Waals surface area contributed by atoms with Crippen LogP contribution in [0.3, 0.4) is 0 Å². The fourth-order valence-electron chi connectivity index (χ4n) is 4.53. The van der Waals surface area contributed by atoms with Gasteiger partial charge in [0.1, 0.15) is 17.8 Å². The van der Waals surface area contributed by atoms with Gasteiger partial charge in [0.15, 0.2) is 18.2 Å². The summed E-state index contributed by atoms with van der Waals surface area (Å²) < 4.78 is 0. The lowest BCUT2D eigenvalue weighted by Gasteiger charge is -2.28. The molecule has 1 aromatic carbocycles. The minimum absolute atomic E-state index is 0.0713. The molecule has 0 spiro atoms. The van der Waals surface area contributed by atoms with Crippen LogP contribution in [0.4, 0.5) is 0 Å². The molecule has 0 saturated heterocycles. The maximum absolute atomic E-state index is 13.7. The summed E-state index contributed by atoms with van der Waals surface area (Å²) in [5.74, 6) is -2.85. The molecule has 17 nitrogen and oxygen atoms in total. The molecular weight excluding hydrogens is 624 g/mol. The Bertz CT molecular complexity index is 1290. The topological polar surface area (TPSA) is 306 Å². The maximum Gasteiger partial charge on any atom is 0.251 e. The van der Waals surface area contributed by atoms with Crippen molar-refractivity contribution in [1.29, 1.82) is 0 Å². The first-order chi connectivity index (χ1) is 22.1. The number of nitrogens with two attached hydrogens (primary N) is 4. The molecule has 48 heavy (non-hydrogen) atoms. The molecule has 0 aliphatic heterocycles. The monoisotopic (exact) mass is 678 g/mol. The van der Waals surface area contributed by atoms with Crippen LogP contribution in [0.15, 0.2) is 22.1 Å². The van der Waals surface area contributed by atoms with E-state index >= 15 is 0 Å². The quantitative estimate of drug-likeness (QED) is 0.0379. The van der Waals surface area contributed by atoms with Crippen LogP contribution in [0.1, 0.15) is 88.7 Å². The lowest BCUT2D eigenvalue weighted by atomic mass is 9.78. The summed E-state index contributed by atoms with van der Waals surface area (Å²) in [5.41, 5.74) is 22.0. The molecule has 15 N–H and O–H groups in total. The number of nitrogens with one attached hydrogen (secondary N) is 4. The van der Waals surface area contributed by atoms with Crippen molar-refractivity contribution in [2.45, 2.75) is 96.4 Å². The van der Waals surface area contributed by atoms with Crippen LogP contribution in [-0.4, -0.2) is 95.4 Å². The van der Waals surface area contributed by atoms with Gasteiger partial charge in [-0.15, -0.1) is 0 Å². The van der Waals surface area contributed by atoms with Crippen LogP contribution in [0, 0.1) is 0 Å². The van der Waals surface area contributed by atoms with E-state index in [9.17, 15) is 24.3 Å². The van der Waals surface area contributed by atoms with E-state index in [-0.39, 0.29) is 55.6 Å². The number of nitrogens with zero attached hydrogens (tertiary/aromatic N) is 2. The van der Waals surface area contributed by atoms with Crippen LogP contribution in [0.5, 0.6) is 5.75 Å². The second kappa shape index (κ2) is 18.6. The van der Waals surface area contributed by atoms with Crippen molar-refractivity contribution in [3.8, 4) is 5.75 Å². The average molecular weight is 679 g/mol. The highest BCUT2D eigenvalue weighted by atomic mass is 16.5. The molecule has 1 rings (SSSR count). The maximum atomic E-state index is 13.7. The third-order valence-corrected chi connectivity index (χ3v) is 7.04. The van der Waals surface area contributed by atoms with Gasteiger partial charge in [-0.1, -0.05) is 41.5 Å². The van der Waals surface area contributed by atoms with Crippen LogP contribution in [0.25, 0.3) is 0 Å². The van der Waals surface area contributed by atoms with Gasteiger partial charge in [0.25, 0.3) is 5.91 Å². The van der Waals surface area contributed by atoms with Gasteiger partial charge in [0.05, 0.1) is 13.1 Å². The third kappa shape index (κ3) is 14.8. The molecule has 4 amide bonds. The Morgan fingerprint density at radius 2 is 1.21 bits per heavy atom. The number of carbonyl (C=O) groups excluding carboxylic acids is 4. The Morgan fingerprint density at radius 1 is 0.750 bits per heavy atom. The van der Waals surface area contributed by atoms with Crippen molar-refractivity contribution in [1.82, 2.24) is 21.3 Å². The second-order valence-electron chi connectivity index (χ2n) is 13.4. The standard InChI is InChI=1S/C31H54N10O7/c1-30(2,3)18-13-17(14-19(24(18)45)31(4,5)6)25(46)40-21(10-8-12-37-29(34)35)27(48)41-20(9-7-11-36-28(32)33)26(47)39-15-22(42)38-16-23(43)44/h13-14,20-21,23,43-45H,7-12,15-16H2,1-6H3,(H,38,42)(H,39,47)(H,40,46)(H,41,48)(H4,32,33,36)(H4,34,35,37). The summed E-state index contributed by atoms with van der Waals surface area (Å²) in [4.78, 5) is 60.3. The predicted molar refractivity (Wildman–Crippen MR) is 183 cm³/mol. The van der Waals surface area contributed by atoms with Gasteiger partial charge in [-0.2, -0.15) is 0 Å². The smallest absolute Gasteiger partial charge is 0.251 e. The van der Waals surface area contributed by atoms with E-state index in [1.807, 2.05) is 41.5 Å². The number of amides is 4. The molecule has 0 aliphatic carbocycles. The molecule has 270 valence electrons. The van der Waals surface area contributed by atoms with E-state index in [2.05, 4.69) is 31.3 Å². The summed E-state index contributed by atoms with van der Waals surface area (Å²) in [5, 5.41) is 39.0. The zero-order valence-corrected chi connectivity index (χ0v) is 28.7. The minimum atomic E-state index is -1.77. The highest BCUT2D eigenvalue weighted by Gasteiger charge is 2.30. The predicted octanol–water partition coefficient (Wildman–Crippen LogP) is -1.78. The van der Waals surface area contributed by atoms with Crippen molar-refractivity contribution in [2.24, 2.45) is 32.9 Å². The fraction of sp³-hybridized carbons (Fsp3) is 0.613. The Morgan fingerprint density at radius 3 is 1.62 bits per heavy atom. The van der Waals surface area contributed by atoms with Gasteiger partial charge in [0.2, 0.25) is 17.7 Å². The number of phenolic OH excluding ortho intramolecular Hbond substituents is 1. The molecule has 0 aromatic heterocycles. The van der Waals surface area contributed by atoms with Gasteiger partial charge in [0, 0.05) is 29.8 Å². The normalized spacial score (nSPS) is 12.8. The van der Waals surface area contributed by atoms with E-state index in [4.69, 9.17) is 33.1 Å². The summed E-state index contributed by atoms with van der Waals surface area (Å²) in [6.45, 7) is 10.8. The van der Waals surface area contributed by atoms with E-state index in [0.717, 1.165) is 0 Å². The third-order valence-electron chi connectivity index (χ3n) is 7.04. The number of rotatable bonds is 17. The molecular formula is C31H54N10O7. The number of aromatic hydroxyl groups is 1. The van der Waals surface area contributed by atoms with Crippen molar-refractivity contribution in [2.75, 3.05) is 26.2 Å². The first kappa shape index (κ1) is 41.4. The summed E-state index contributed by atoms with van der Waals surface area (Å²) in [6.07, 6.45) is -1.03. The molecule has 2 atom stereocenters. The number of aliphatic hydroxyl groups is 2.